The van der Waals surface area contributed by atoms with Gasteiger partial charge in [-0.25, -0.2) is 0 Å². The van der Waals surface area contributed by atoms with Gasteiger partial charge in [0, 0.05) is 24.2 Å². The summed E-state index contributed by atoms with van der Waals surface area (Å²) in [6.07, 6.45) is 0. The van der Waals surface area contributed by atoms with Crippen molar-refractivity contribution < 1.29 is 14.3 Å². The third kappa shape index (κ3) is 3.96. The number of nitrogens with two attached hydrogens (primary N) is 1. The molecule has 0 spiro atoms. The van der Waals surface area contributed by atoms with Gasteiger partial charge >= 0.3 is 0 Å². The summed E-state index contributed by atoms with van der Waals surface area (Å²) in [6, 6.07) is 4.94. The lowest BCUT2D eigenvalue weighted by Gasteiger charge is -2.10. The maximum absolute atomic E-state index is 11.8. The number of hydrogen-bond acceptors (Lipinski definition) is 4. The van der Waals surface area contributed by atoms with E-state index >= 15 is 0 Å². The van der Waals surface area contributed by atoms with Gasteiger partial charge in [0.25, 0.3) is 5.91 Å². The van der Waals surface area contributed by atoms with E-state index < -0.39 is 0 Å². The third-order valence-corrected chi connectivity index (χ3v) is 2.20. The Bertz CT molecular complexity index is 369. The number of methoxy groups -OCH3 is 2. The SMILES string of the molecule is COc1cc(OC)cc(C(=O)NCC(C)N)c1. The molecule has 1 rings (SSSR count). The van der Waals surface area contributed by atoms with Crippen LogP contribution >= 0.6 is 0 Å². The molecule has 0 aliphatic rings. The summed E-state index contributed by atoms with van der Waals surface area (Å²) in [6.45, 7) is 2.25. The first-order chi connectivity index (χ1) is 8.06. The summed E-state index contributed by atoms with van der Waals surface area (Å²) in [4.78, 5) is 11.8. The molecule has 0 aliphatic carbocycles. The first-order valence-corrected chi connectivity index (χ1v) is 5.33. The molecule has 5 nitrogen and oxygen atoms in total. The fraction of sp³-hybridized carbons (Fsp3) is 0.417. The van der Waals surface area contributed by atoms with Crippen molar-refractivity contribution in [1.29, 1.82) is 0 Å². The van der Waals surface area contributed by atoms with Gasteiger partial charge in [-0.1, -0.05) is 0 Å². The molecular weight excluding hydrogens is 220 g/mol. The van der Waals surface area contributed by atoms with Crippen LogP contribution in [0.2, 0.25) is 0 Å². The zero-order chi connectivity index (χ0) is 12.8. The second kappa shape index (κ2) is 6.10. The predicted molar refractivity (Wildman–Crippen MR) is 65.5 cm³/mol. The van der Waals surface area contributed by atoms with Crippen molar-refractivity contribution in [3.05, 3.63) is 23.8 Å². The Kier molecular flexibility index (Phi) is 4.78. The Balaban J connectivity index is 2.84. The quantitative estimate of drug-likeness (QED) is 0.795. The second-order valence-corrected chi connectivity index (χ2v) is 3.79. The first-order valence-electron chi connectivity index (χ1n) is 5.33. The minimum Gasteiger partial charge on any atom is -0.497 e. The van der Waals surface area contributed by atoms with Gasteiger partial charge in [0.2, 0.25) is 0 Å². The van der Waals surface area contributed by atoms with Gasteiger partial charge in [0.05, 0.1) is 14.2 Å². The van der Waals surface area contributed by atoms with Crippen molar-refractivity contribution in [3.8, 4) is 11.5 Å². The van der Waals surface area contributed by atoms with Gasteiger partial charge in [-0.3, -0.25) is 4.79 Å². The molecule has 1 aromatic carbocycles. The molecule has 0 bridgehead atoms. The van der Waals surface area contributed by atoms with Crippen LogP contribution < -0.4 is 20.5 Å². The number of nitrogens with one attached hydrogen (secondary N) is 1. The Morgan fingerprint density at radius 1 is 1.29 bits per heavy atom. The molecule has 17 heavy (non-hydrogen) atoms. The van der Waals surface area contributed by atoms with Crippen molar-refractivity contribution in [1.82, 2.24) is 5.32 Å². The fourth-order valence-corrected chi connectivity index (χ4v) is 1.29. The highest BCUT2D eigenvalue weighted by atomic mass is 16.5. The first kappa shape index (κ1) is 13.3. The molecule has 1 aromatic rings. The van der Waals surface area contributed by atoms with Crippen molar-refractivity contribution >= 4 is 5.91 Å². The largest absolute Gasteiger partial charge is 0.497 e. The Morgan fingerprint density at radius 2 is 1.82 bits per heavy atom. The second-order valence-electron chi connectivity index (χ2n) is 3.79. The van der Waals surface area contributed by atoms with Crippen LogP contribution in [0.1, 0.15) is 17.3 Å². The molecule has 1 amide bonds. The summed E-state index contributed by atoms with van der Waals surface area (Å²) in [5, 5.41) is 2.73. The molecule has 0 heterocycles. The molecule has 0 fully saturated rings. The van der Waals surface area contributed by atoms with Crippen molar-refractivity contribution in [2.24, 2.45) is 5.73 Å². The van der Waals surface area contributed by atoms with Gasteiger partial charge in [0.1, 0.15) is 11.5 Å². The van der Waals surface area contributed by atoms with Crippen LogP contribution in [0.5, 0.6) is 11.5 Å². The zero-order valence-electron chi connectivity index (χ0n) is 10.3. The highest BCUT2D eigenvalue weighted by molar-refractivity contribution is 5.95. The lowest BCUT2D eigenvalue weighted by molar-refractivity contribution is 0.0951. The van der Waals surface area contributed by atoms with E-state index in [0.29, 0.717) is 23.6 Å². The van der Waals surface area contributed by atoms with E-state index in [1.165, 1.54) is 0 Å². The number of carbonyl (C=O) groups is 1. The fourth-order valence-electron chi connectivity index (χ4n) is 1.29. The van der Waals surface area contributed by atoms with E-state index in [-0.39, 0.29) is 11.9 Å². The summed E-state index contributed by atoms with van der Waals surface area (Å²) in [5.41, 5.74) is 6.05. The maximum Gasteiger partial charge on any atom is 0.251 e. The molecule has 0 aliphatic heterocycles. The van der Waals surface area contributed by atoms with Crippen LogP contribution in [-0.2, 0) is 0 Å². The molecule has 5 heteroatoms. The van der Waals surface area contributed by atoms with Crippen LogP contribution in [0, 0.1) is 0 Å². The molecule has 1 atom stereocenters. The monoisotopic (exact) mass is 238 g/mol. The molecule has 1 unspecified atom stereocenters. The minimum atomic E-state index is -0.195. The number of ether oxygens (including phenoxy) is 2. The third-order valence-electron chi connectivity index (χ3n) is 2.20. The van der Waals surface area contributed by atoms with E-state index in [4.69, 9.17) is 15.2 Å². The van der Waals surface area contributed by atoms with Crippen LogP contribution in [-0.4, -0.2) is 32.7 Å². The van der Waals surface area contributed by atoms with Crippen LogP contribution in [0.15, 0.2) is 18.2 Å². The van der Waals surface area contributed by atoms with Crippen molar-refractivity contribution in [2.75, 3.05) is 20.8 Å². The van der Waals surface area contributed by atoms with Crippen LogP contribution in [0.25, 0.3) is 0 Å². The number of hydrogen-bond donors (Lipinski definition) is 2. The van der Waals surface area contributed by atoms with E-state index in [9.17, 15) is 4.79 Å². The van der Waals surface area contributed by atoms with Crippen LogP contribution in [0.3, 0.4) is 0 Å². The average Bonchev–Trinajstić information content (AvgIpc) is 2.34. The van der Waals surface area contributed by atoms with Gasteiger partial charge < -0.3 is 20.5 Å². The number of amides is 1. The summed E-state index contributed by atoms with van der Waals surface area (Å²) >= 11 is 0. The number of benzene rings is 1. The van der Waals surface area contributed by atoms with Crippen molar-refractivity contribution in [2.45, 2.75) is 13.0 Å². The highest BCUT2D eigenvalue weighted by Crippen LogP contribution is 2.22. The molecule has 3 N–H and O–H groups in total. The zero-order valence-corrected chi connectivity index (χ0v) is 10.3. The summed E-state index contributed by atoms with van der Waals surface area (Å²) < 4.78 is 10.2. The van der Waals surface area contributed by atoms with E-state index in [1.807, 2.05) is 6.92 Å². The Labute approximate surface area is 101 Å². The molecule has 0 radical (unpaired) electrons. The average molecular weight is 238 g/mol. The van der Waals surface area contributed by atoms with E-state index in [0.717, 1.165) is 0 Å². The summed E-state index contributed by atoms with van der Waals surface area (Å²) in [5.74, 6) is 0.963. The lowest BCUT2D eigenvalue weighted by atomic mass is 10.2. The highest BCUT2D eigenvalue weighted by Gasteiger charge is 2.09. The van der Waals surface area contributed by atoms with Crippen molar-refractivity contribution in [3.63, 3.8) is 0 Å². The standard InChI is InChI=1S/C12H18N2O3/c1-8(13)7-14-12(15)9-4-10(16-2)6-11(5-9)17-3/h4-6,8H,7,13H2,1-3H3,(H,14,15). The van der Waals surface area contributed by atoms with E-state index in [2.05, 4.69) is 5.32 Å². The number of rotatable bonds is 5. The van der Waals surface area contributed by atoms with Gasteiger partial charge in [0.15, 0.2) is 0 Å². The van der Waals surface area contributed by atoms with E-state index in [1.54, 1.807) is 32.4 Å². The normalized spacial score (nSPS) is 11.8. The van der Waals surface area contributed by atoms with Gasteiger partial charge in [-0.05, 0) is 19.1 Å². The smallest absolute Gasteiger partial charge is 0.251 e. The summed E-state index contributed by atoms with van der Waals surface area (Å²) in [7, 11) is 3.08. The van der Waals surface area contributed by atoms with Gasteiger partial charge in [-0.2, -0.15) is 0 Å². The Morgan fingerprint density at radius 3 is 2.24 bits per heavy atom. The molecule has 94 valence electrons. The lowest BCUT2D eigenvalue weighted by Crippen LogP contribution is -2.35. The maximum atomic E-state index is 11.8. The minimum absolute atomic E-state index is 0.0774. The number of carbonyl (C=O) groups excluding carboxylic acids is 1. The van der Waals surface area contributed by atoms with Gasteiger partial charge in [-0.15, -0.1) is 0 Å². The molecular formula is C12H18N2O3. The Hall–Kier alpha value is -1.75. The topological polar surface area (TPSA) is 73.6 Å². The predicted octanol–water partition coefficient (Wildman–Crippen LogP) is 0.781. The molecule has 0 saturated carbocycles. The van der Waals surface area contributed by atoms with Crippen LogP contribution in [0.4, 0.5) is 0 Å². The molecule has 0 saturated heterocycles. The molecule has 0 aromatic heterocycles.